The van der Waals surface area contributed by atoms with Crippen LogP contribution in [0.15, 0.2) is 29.2 Å². The largest absolute Gasteiger partial charge is 0.462 e. The van der Waals surface area contributed by atoms with Gasteiger partial charge in [0.2, 0.25) is 11.8 Å². The molecule has 1 unspecified atom stereocenters. The lowest BCUT2D eigenvalue weighted by Crippen LogP contribution is -2.34. The third kappa shape index (κ3) is 5.40. The van der Waals surface area contributed by atoms with Crippen molar-refractivity contribution in [2.75, 3.05) is 24.2 Å². The number of carbonyl (C=O) groups excluding carboxylic acids is 3. The van der Waals surface area contributed by atoms with E-state index in [2.05, 4.69) is 5.32 Å². The fourth-order valence-corrected chi connectivity index (χ4v) is 5.72. The molecule has 7 nitrogen and oxygen atoms in total. The highest BCUT2D eigenvalue weighted by molar-refractivity contribution is 8.00. The molecule has 0 spiro atoms. The highest BCUT2D eigenvalue weighted by Crippen LogP contribution is 2.38. The van der Waals surface area contributed by atoms with E-state index in [0.29, 0.717) is 42.2 Å². The summed E-state index contributed by atoms with van der Waals surface area (Å²) in [6.07, 6.45) is 1.17. The van der Waals surface area contributed by atoms with Gasteiger partial charge in [0.15, 0.2) is 0 Å². The van der Waals surface area contributed by atoms with Gasteiger partial charge < -0.3 is 20.7 Å². The van der Waals surface area contributed by atoms with Crippen molar-refractivity contribution in [3.63, 3.8) is 0 Å². The molecule has 1 aliphatic rings. The Kier molecular flexibility index (Phi) is 7.61. The number of esters is 1. The second-order valence-electron chi connectivity index (χ2n) is 7.20. The fourth-order valence-electron chi connectivity index (χ4n) is 3.45. The van der Waals surface area contributed by atoms with Gasteiger partial charge in [0.1, 0.15) is 5.00 Å². The molecular formula is C22H27N3O4S2. The van der Waals surface area contributed by atoms with Gasteiger partial charge >= 0.3 is 5.97 Å². The van der Waals surface area contributed by atoms with Crippen molar-refractivity contribution in [2.45, 2.75) is 50.3 Å². The van der Waals surface area contributed by atoms with Crippen LogP contribution in [0.3, 0.4) is 0 Å². The minimum absolute atomic E-state index is 0.00750. The lowest BCUT2D eigenvalue weighted by atomic mass is 10.0. The second-order valence-corrected chi connectivity index (χ2v) is 9.58. The van der Waals surface area contributed by atoms with E-state index in [4.69, 9.17) is 10.5 Å². The van der Waals surface area contributed by atoms with Gasteiger partial charge in [-0.05, 0) is 43.5 Å². The molecule has 1 aliphatic heterocycles. The number of hydrogen-bond donors (Lipinski definition) is 2. The zero-order valence-corrected chi connectivity index (χ0v) is 19.5. The molecule has 0 bridgehead atoms. The standard InChI is InChI=1S/C22H27N3O4S2/c1-4-17(30-15-8-6-7-14(23)11-15)20(27)24-21-19(22(28)29-5-2)16-9-10-25(13(3)26)12-18(16)31-21/h6-8,11,17H,4-5,9-10,12,23H2,1-3H3,(H,24,27). The average Bonchev–Trinajstić information content (AvgIpc) is 3.09. The first-order valence-corrected chi connectivity index (χ1v) is 11.9. The van der Waals surface area contributed by atoms with Crippen LogP contribution in [0.25, 0.3) is 0 Å². The van der Waals surface area contributed by atoms with E-state index < -0.39 is 5.97 Å². The third-order valence-corrected chi connectivity index (χ3v) is 7.51. The number of carbonyl (C=O) groups is 3. The number of nitrogens with one attached hydrogen (secondary N) is 1. The monoisotopic (exact) mass is 461 g/mol. The van der Waals surface area contributed by atoms with Gasteiger partial charge in [0, 0.05) is 28.9 Å². The summed E-state index contributed by atoms with van der Waals surface area (Å²) in [7, 11) is 0. The molecule has 3 N–H and O–H groups in total. The van der Waals surface area contributed by atoms with Crippen LogP contribution in [0.1, 0.15) is 48.0 Å². The number of anilines is 2. The van der Waals surface area contributed by atoms with E-state index in [9.17, 15) is 14.4 Å². The number of fused-ring (bicyclic) bond motifs is 1. The summed E-state index contributed by atoms with van der Waals surface area (Å²) in [6, 6.07) is 7.42. The van der Waals surface area contributed by atoms with E-state index >= 15 is 0 Å². The van der Waals surface area contributed by atoms with E-state index in [-0.39, 0.29) is 23.7 Å². The van der Waals surface area contributed by atoms with Crippen LogP contribution < -0.4 is 11.1 Å². The number of benzene rings is 1. The Bertz CT molecular complexity index is 989. The normalized spacial score (nSPS) is 14.0. The van der Waals surface area contributed by atoms with Gasteiger partial charge in [-0.3, -0.25) is 9.59 Å². The molecule has 0 saturated heterocycles. The number of thioether (sulfide) groups is 1. The molecule has 9 heteroatoms. The van der Waals surface area contributed by atoms with Crippen molar-refractivity contribution in [3.05, 3.63) is 40.3 Å². The van der Waals surface area contributed by atoms with Crippen LogP contribution in [0.2, 0.25) is 0 Å². The second kappa shape index (κ2) is 10.2. The lowest BCUT2D eigenvalue weighted by Gasteiger charge is -2.25. The van der Waals surface area contributed by atoms with Crippen LogP contribution >= 0.6 is 23.1 Å². The quantitative estimate of drug-likeness (QED) is 0.368. The summed E-state index contributed by atoms with van der Waals surface area (Å²) in [4.78, 5) is 41.1. The topological polar surface area (TPSA) is 102 Å². The first-order chi connectivity index (χ1) is 14.8. The van der Waals surface area contributed by atoms with Crippen LogP contribution in [0.4, 0.5) is 10.7 Å². The summed E-state index contributed by atoms with van der Waals surface area (Å²) in [5, 5.41) is 3.11. The van der Waals surface area contributed by atoms with Crippen molar-refractivity contribution in [1.82, 2.24) is 4.90 Å². The third-order valence-electron chi connectivity index (χ3n) is 5.02. The predicted octanol–water partition coefficient (Wildman–Crippen LogP) is 3.92. The Morgan fingerprint density at radius 3 is 2.74 bits per heavy atom. The number of nitrogens with two attached hydrogens (primary N) is 1. The first kappa shape index (κ1) is 23.1. The summed E-state index contributed by atoms with van der Waals surface area (Å²) < 4.78 is 5.26. The van der Waals surface area contributed by atoms with Crippen molar-refractivity contribution in [1.29, 1.82) is 0 Å². The van der Waals surface area contributed by atoms with E-state index in [1.165, 1.54) is 30.0 Å². The van der Waals surface area contributed by atoms with Crippen LogP contribution in [0.5, 0.6) is 0 Å². The Labute approximate surface area is 190 Å². The number of nitrogens with zero attached hydrogens (tertiary/aromatic N) is 1. The lowest BCUT2D eigenvalue weighted by molar-refractivity contribution is -0.129. The smallest absolute Gasteiger partial charge is 0.341 e. The molecule has 1 atom stereocenters. The number of rotatable bonds is 7. The summed E-state index contributed by atoms with van der Waals surface area (Å²) in [6.45, 7) is 6.46. The Hall–Kier alpha value is -2.52. The van der Waals surface area contributed by atoms with Gasteiger partial charge in [-0.2, -0.15) is 0 Å². The molecule has 1 aromatic carbocycles. The molecule has 0 fully saturated rings. The van der Waals surface area contributed by atoms with Crippen molar-refractivity contribution >= 4 is 51.6 Å². The molecule has 1 aromatic heterocycles. The van der Waals surface area contributed by atoms with Crippen LogP contribution in [-0.4, -0.2) is 41.1 Å². The molecule has 0 saturated carbocycles. The first-order valence-electron chi connectivity index (χ1n) is 10.2. The molecule has 2 aromatic rings. The van der Waals surface area contributed by atoms with E-state index in [1.807, 2.05) is 25.1 Å². The van der Waals surface area contributed by atoms with Gasteiger partial charge in [-0.25, -0.2) is 4.79 Å². The maximum absolute atomic E-state index is 13.1. The zero-order valence-electron chi connectivity index (χ0n) is 17.9. The Morgan fingerprint density at radius 2 is 2.10 bits per heavy atom. The van der Waals surface area contributed by atoms with Gasteiger partial charge in [-0.15, -0.1) is 23.1 Å². The predicted molar refractivity (Wildman–Crippen MR) is 124 cm³/mol. The Morgan fingerprint density at radius 1 is 1.32 bits per heavy atom. The molecule has 0 radical (unpaired) electrons. The molecule has 2 amide bonds. The summed E-state index contributed by atoms with van der Waals surface area (Å²) >= 11 is 2.78. The maximum Gasteiger partial charge on any atom is 0.341 e. The average molecular weight is 462 g/mol. The number of amides is 2. The summed E-state index contributed by atoms with van der Waals surface area (Å²) in [5.41, 5.74) is 7.79. The van der Waals surface area contributed by atoms with Crippen LogP contribution in [-0.2, 0) is 27.3 Å². The number of hydrogen-bond acceptors (Lipinski definition) is 7. The van der Waals surface area contributed by atoms with Gasteiger partial charge in [-0.1, -0.05) is 13.0 Å². The molecule has 31 heavy (non-hydrogen) atoms. The minimum atomic E-state index is -0.442. The number of ether oxygens (including phenoxy) is 1. The zero-order chi connectivity index (χ0) is 22.5. The molecule has 166 valence electrons. The Balaban J connectivity index is 1.85. The van der Waals surface area contributed by atoms with Gasteiger partial charge in [0.05, 0.1) is 24.0 Å². The maximum atomic E-state index is 13.1. The summed E-state index contributed by atoms with van der Waals surface area (Å²) in [5.74, 6) is -0.627. The molecule has 0 aliphatic carbocycles. The fraction of sp³-hybridized carbons (Fsp3) is 0.409. The number of nitrogen functional groups attached to an aromatic ring is 1. The highest BCUT2D eigenvalue weighted by Gasteiger charge is 2.31. The SMILES string of the molecule is CCOC(=O)c1c(NC(=O)C(CC)Sc2cccc(N)c2)sc2c1CCN(C(C)=O)C2. The van der Waals surface area contributed by atoms with E-state index in [0.717, 1.165) is 15.3 Å². The van der Waals surface area contributed by atoms with Gasteiger partial charge in [0.25, 0.3) is 0 Å². The highest BCUT2D eigenvalue weighted by atomic mass is 32.2. The molecule has 3 rings (SSSR count). The van der Waals surface area contributed by atoms with Crippen molar-refractivity contribution in [3.8, 4) is 0 Å². The van der Waals surface area contributed by atoms with Crippen molar-refractivity contribution < 1.29 is 19.1 Å². The van der Waals surface area contributed by atoms with Crippen molar-refractivity contribution in [2.24, 2.45) is 0 Å². The molecular weight excluding hydrogens is 434 g/mol. The minimum Gasteiger partial charge on any atom is -0.462 e. The molecule has 2 heterocycles. The van der Waals surface area contributed by atoms with Crippen LogP contribution in [0, 0.1) is 0 Å². The number of thiophene rings is 1. The van der Waals surface area contributed by atoms with E-state index in [1.54, 1.807) is 17.9 Å².